The molecule has 146 valence electrons. The van der Waals surface area contributed by atoms with Crippen molar-refractivity contribution in [1.29, 1.82) is 0 Å². The molecule has 2 heterocycles. The maximum Gasteiger partial charge on any atom is 0.223 e. The highest BCUT2D eigenvalue weighted by atomic mass is 79.9. The van der Waals surface area contributed by atoms with Crippen LogP contribution in [0.3, 0.4) is 0 Å². The number of benzene rings is 1. The summed E-state index contributed by atoms with van der Waals surface area (Å²) >= 11 is 5.18. The molecule has 1 aliphatic rings. The number of thiophene rings is 1. The van der Waals surface area contributed by atoms with Crippen molar-refractivity contribution in [2.24, 2.45) is 5.92 Å². The van der Waals surface area contributed by atoms with Crippen molar-refractivity contribution in [3.63, 3.8) is 0 Å². The molecule has 1 unspecified atom stereocenters. The molecule has 0 saturated carbocycles. The van der Waals surface area contributed by atoms with Crippen LogP contribution in [0, 0.1) is 5.92 Å². The third-order valence-electron chi connectivity index (χ3n) is 4.91. The number of carbonyl (C=O) groups is 1. The summed E-state index contributed by atoms with van der Waals surface area (Å²) in [5.41, 5.74) is 2.25. The minimum Gasteiger partial charge on any atom is -0.383 e. The first-order valence-electron chi connectivity index (χ1n) is 9.20. The quantitative estimate of drug-likeness (QED) is 0.542. The second kappa shape index (κ2) is 8.55. The summed E-state index contributed by atoms with van der Waals surface area (Å²) in [6.07, 6.45) is 4.05. The maximum atomic E-state index is 12.4. The lowest BCUT2D eigenvalue weighted by Gasteiger charge is -2.21. The van der Waals surface area contributed by atoms with Crippen LogP contribution in [-0.2, 0) is 22.4 Å². The van der Waals surface area contributed by atoms with Crippen LogP contribution < -0.4 is 10.6 Å². The van der Waals surface area contributed by atoms with Gasteiger partial charge in [0.05, 0.1) is 12.0 Å². The SMILES string of the molecule is COCCNC(=O)C1CCc2c(sc3ncnc(Nc4cccc(Br)c4)c23)C1. The molecule has 8 heteroatoms. The van der Waals surface area contributed by atoms with Gasteiger partial charge in [-0.15, -0.1) is 11.3 Å². The largest absolute Gasteiger partial charge is 0.383 e. The number of carbonyl (C=O) groups excluding carboxylic acids is 1. The van der Waals surface area contributed by atoms with Crippen LogP contribution in [0.4, 0.5) is 11.5 Å². The average Bonchev–Trinajstić information content (AvgIpc) is 3.07. The molecule has 4 rings (SSSR count). The van der Waals surface area contributed by atoms with Gasteiger partial charge in [-0.2, -0.15) is 0 Å². The Morgan fingerprint density at radius 3 is 3.11 bits per heavy atom. The Labute approximate surface area is 175 Å². The highest BCUT2D eigenvalue weighted by molar-refractivity contribution is 9.10. The number of methoxy groups -OCH3 is 1. The first-order valence-corrected chi connectivity index (χ1v) is 10.8. The number of hydrogen-bond acceptors (Lipinski definition) is 6. The molecule has 0 fully saturated rings. The number of fused-ring (bicyclic) bond motifs is 3. The first-order chi connectivity index (χ1) is 13.7. The zero-order valence-corrected chi connectivity index (χ0v) is 17.9. The Bertz CT molecular complexity index is 1010. The molecule has 28 heavy (non-hydrogen) atoms. The minimum atomic E-state index is 0.00636. The van der Waals surface area contributed by atoms with Crippen molar-refractivity contribution in [2.75, 3.05) is 25.6 Å². The lowest BCUT2D eigenvalue weighted by Crippen LogP contribution is -2.35. The normalized spacial score (nSPS) is 16.0. The molecule has 0 radical (unpaired) electrons. The lowest BCUT2D eigenvalue weighted by molar-refractivity contribution is -0.125. The van der Waals surface area contributed by atoms with E-state index in [1.54, 1.807) is 24.8 Å². The second-order valence-electron chi connectivity index (χ2n) is 6.77. The smallest absolute Gasteiger partial charge is 0.223 e. The van der Waals surface area contributed by atoms with E-state index in [1.165, 1.54) is 10.4 Å². The van der Waals surface area contributed by atoms with Crippen molar-refractivity contribution >= 4 is 54.9 Å². The molecular weight excluding hydrogens is 440 g/mol. The summed E-state index contributed by atoms with van der Waals surface area (Å²) in [5.74, 6) is 0.939. The van der Waals surface area contributed by atoms with E-state index in [1.807, 2.05) is 24.3 Å². The van der Waals surface area contributed by atoms with E-state index >= 15 is 0 Å². The van der Waals surface area contributed by atoms with E-state index in [0.29, 0.717) is 13.2 Å². The number of nitrogens with zero attached hydrogens (tertiary/aromatic N) is 2. The number of rotatable bonds is 6. The van der Waals surface area contributed by atoms with Gasteiger partial charge in [0.2, 0.25) is 5.91 Å². The summed E-state index contributed by atoms with van der Waals surface area (Å²) in [6.45, 7) is 1.09. The van der Waals surface area contributed by atoms with E-state index in [2.05, 4.69) is 36.5 Å². The van der Waals surface area contributed by atoms with Crippen molar-refractivity contribution in [2.45, 2.75) is 19.3 Å². The predicted molar refractivity (Wildman–Crippen MR) is 115 cm³/mol. The van der Waals surface area contributed by atoms with Gasteiger partial charge in [0.1, 0.15) is 17.0 Å². The molecule has 1 atom stereocenters. The highest BCUT2D eigenvalue weighted by Crippen LogP contribution is 2.40. The summed E-state index contributed by atoms with van der Waals surface area (Å²) < 4.78 is 6.02. The van der Waals surface area contributed by atoms with Gasteiger partial charge >= 0.3 is 0 Å². The Kier molecular flexibility index (Phi) is 5.89. The fourth-order valence-electron chi connectivity index (χ4n) is 3.55. The number of halogens is 1. The molecule has 0 bridgehead atoms. The molecule has 0 saturated heterocycles. The lowest BCUT2D eigenvalue weighted by atomic mass is 9.87. The predicted octanol–water partition coefficient (Wildman–Crippen LogP) is 4.06. The van der Waals surface area contributed by atoms with Gasteiger partial charge in [-0.3, -0.25) is 4.79 Å². The van der Waals surface area contributed by atoms with Crippen LogP contribution in [0.15, 0.2) is 35.1 Å². The van der Waals surface area contributed by atoms with Gasteiger partial charge in [-0.25, -0.2) is 9.97 Å². The Hall–Kier alpha value is -2.03. The van der Waals surface area contributed by atoms with E-state index < -0.39 is 0 Å². The molecule has 6 nitrogen and oxygen atoms in total. The Balaban J connectivity index is 1.59. The van der Waals surface area contributed by atoms with Crippen molar-refractivity contribution in [3.8, 4) is 0 Å². The van der Waals surface area contributed by atoms with Gasteiger partial charge < -0.3 is 15.4 Å². The Morgan fingerprint density at radius 1 is 1.39 bits per heavy atom. The molecule has 2 aromatic heterocycles. The Morgan fingerprint density at radius 2 is 2.29 bits per heavy atom. The zero-order valence-electron chi connectivity index (χ0n) is 15.5. The monoisotopic (exact) mass is 460 g/mol. The average molecular weight is 461 g/mol. The third-order valence-corrected chi connectivity index (χ3v) is 6.56. The van der Waals surface area contributed by atoms with Crippen molar-refractivity contribution in [3.05, 3.63) is 45.5 Å². The van der Waals surface area contributed by atoms with Gasteiger partial charge in [0, 0.05) is 34.6 Å². The van der Waals surface area contributed by atoms with Crippen molar-refractivity contribution < 1.29 is 9.53 Å². The van der Waals surface area contributed by atoms with Crippen molar-refractivity contribution in [1.82, 2.24) is 15.3 Å². The molecule has 0 spiro atoms. The summed E-state index contributed by atoms with van der Waals surface area (Å²) in [4.78, 5) is 23.6. The fourth-order valence-corrected chi connectivity index (χ4v) is 5.22. The molecule has 3 aromatic rings. The number of aromatic nitrogens is 2. The maximum absolute atomic E-state index is 12.4. The molecule has 0 aliphatic heterocycles. The molecule has 2 N–H and O–H groups in total. The summed E-state index contributed by atoms with van der Waals surface area (Å²) in [7, 11) is 1.64. The number of nitrogens with one attached hydrogen (secondary N) is 2. The van der Waals surface area contributed by atoms with E-state index in [4.69, 9.17) is 4.74 Å². The molecule has 1 amide bonds. The van der Waals surface area contributed by atoms with E-state index in [0.717, 1.165) is 45.5 Å². The van der Waals surface area contributed by atoms with E-state index in [-0.39, 0.29) is 11.8 Å². The summed E-state index contributed by atoms with van der Waals surface area (Å²) in [5, 5.41) is 7.47. The van der Waals surface area contributed by atoms with Crippen LogP contribution in [0.5, 0.6) is 0 Å². The van der Waals surface area contributed by atoms with Gasteiger partial charge in [0.15, 0.2) is 0 Å². The molecule has 1 aliphatic carbocycles. The van der Waals surface area contributed by atoms with Crippen LogP contribution in [-0.4, -0.2) is 36.1 Å². The standard InChI is InChI=1S/C20H21BrN4O2S/c1-27-8-7-22-19(26)12-5-6-15-16(9-12)28-20-17(15)18(23-11-24-20)25-14-4-2-3-13(21)10-14/h2-4,10-12H,5-9H2,1H3,(H,22,26)(H,23,24,25). The van der Waals surface area contributed by atoms with Crippen LogP contribution in [0.2, 0.25) is 0 Å². The number of aryl methyl sites for hydroxylation is 1. The zero-order chi connectivity index (χ0) is 19.5. The number of anilines is 2. The van der Waals surface area contributed by atoms with Gasteiger partial charge in [-0.1, -0.05) is 22.0 Å². The summed E-state index contributed by atoms with van der Waals surface area (Å²) in [6, 6.07) is 8.01. The first kappa shape index (κ1) is 19.3. The number of ether oxygens (including phenoxy) is 1. The second-order valence-corrected chi connectivity index (χ2v) is 8.76. The molecule has 1 aromatic carbocycles. The highest BCUT2D eigenvalue weighted by Gasteiger charge is 2.29. The van der Waals surface area contributed by atoms with Crippen LogP contribution in [0.1, 0.15) is 16.9 Å². The molecular formula is C20H21BrN4O2S. The topological polar surface area (TPSA) is 76.1 Å². The number of amides is 1. The third kappa shape index (κ3) is 4.04. The minimum absolute atomic E-state index is 0.00636. The van der Waals surface area contributed by atoms with Gasteiger partial charge in [0.25, 0.3) is 0 Å². The van der Waals surface area contributed by atoms with Crippen LogP contribution >= 0.6 is 27.3 Å². The number of hydrogen-bond donors (Lipinski definition) is 2. The van der Waals surface area contributed by atoms with Crippen LogP contribution in [0.25, 0.3) is 10.2 Å². The van der Waals surface area contributed by atoms with Gasteiger partial charge in [-0.05, 0) is 43.0 Å². The van der Waals surface area contributed by atoms with E-state index in [9.17, 15) is 4.79 Å². The fraction of sp³-hybridized carbons (Fsp3) is 0.350.